The summed E-state index contributed by atoms with van der Waals surface area (Å²) in [5.74, 6) is 1.79. The van der Waals surface area contributed by atoms with E-state index in [9.17, 15) is 9.59 Å². The summed E-state index contributed by atoms with van der Waals surface area (Å²) in [6.07, 6.45) is 0. The van der Waals surface area contributed by atoms with E-state index in [0.29, 0.717) is 36.9 Å². The third-order valence-electron chi connectivity index (χ3n) is 5.00. The Labute approximate surface area is 182 Å². The highest BCUT2D eigenvalue weighted by Crippen LogP contribution is 2.32. The zero-order valence-corrected chi connectivity index (χ0v) is 18.1. The number of anilines is 1. The summed E-state index contributed by atoms with van der Waals surface area (Å²) in [5.41, 5.74) is 1.61. The number of methoxy groups -OCH3 is 1. The van der Waals surface area contributed by atoms with Crippen molar-refractivity contribution in [2.45, 2.75) is 19.9 Å². The number of carbonyl (C=O) groups excluding carboxylic acids is 2. The third kappa shape index (κ3) is 6.36. The number of hydrogen-bond donors (Lipinski definition) is 2. The third-order valence-corrected chi connectivity index (χ3v) is 5.00. The number of ether oxygens (including phenoxy) is 3. The summed E-state index contributed by atoms with van der Waals surface area (Å²) in [6.45, 7) is 5.70. The average Bonchev–Trinajstić information content (AvgIpc) is 2.78. The molecule has 0 radical (unpaired) electrons. The fourth-order valence-electron chi connectivity index (χ4n) is 3.26. The van der Waals surface area contributed by atoms with E-state index in [4.69, 9.17) is 14.2 Å². The molecule has 2 aromatic carbocycles. The van der Waals surface area contributed by atoms with Crippen LogP contribution >= 0.6 is 0 Å². The highest BCUT2D eigenvalue weighted by molar-refractivity contribution is 5.92. The molecule has 2 N–H and O–H groups in total. The summed E-state index contributed by atoms with van der Waals surface area (Å²) in [5, 5.41) is 5.81. The molecule has 1 heterocycles. The lowest BCUT2D eigenvalue weighted by Gasteiger charge is -2.23. The minimum absolute atomic E-state index is 0.119. The molecule has 0 aliphatic carbocycles. The van der Waals surface area contributed by atoms with Gasteiger partial charge in [0.05, 0.1) is 26.2 Å². The molecule has 0 aromatic heterocycles. The molecule has 0 spiro atoms. The van der Waals surface area contributed by atoms with Gasteiger partial charge in [-0.05, 0) is 55.4 Å². The number of amides is 2. The van der Waals surface area contributed by atoms with Gasteiger partial charge in [-0.1, -0.05) is 13.0 Å². The van der Waals surface area contributed by atoms with E-state index in [1.165, 1.54) is 0 Å². The molecular weight excluding hydrogens is 398 g/mol. The van der Waals surface area contributed by atoms with Gasteiger partial charge in [-0.3, -0.25) is 14.5 Å². The van der Waals surface area contributed by atoms with Gasteiger partial charge in [0.1, 0.15) is 19.0 Å². The Morgan fingerprint density at radius 3 is 2.39 bits per heavy atom. The van der Waals surface area contributed by atoms with Gasteiger partial charge < -0.3 is 24.8 Å². The van der Waals surface area contributed by atoms with E-state index in [2.05, 4.69) is 10.6 Å². The van der Waals surface area contributed by atoms with Crippen LogP contribution in [-0.4, -0.2) is 56.7 Å². The van der Waals surface area contributed by atoms with Gasteiger partial charge in [-0.2, -0.15) is 0 Å². The molecular formula is C23H29N3O5. The van der Waals surface area contributed by atoms with Crippen molar-refractivity contribution in [1.29, 1.82) is 0 Å². The van der Waals surface area contributed by atoms with Gasteiger partial charge >= 0.3 is 0 Å². The second-order valence-corrected chi connectivity index (χ2v) is 7.27. The van der Waals surface area contributed by atoms with Crippen molar-refractivity contribution in [3.8, 4) is 17.2 Å². The van der Waals surface area contributed by atoms with Crippen LogP contribution in [0.4, 0.5) is 5.69 Å². The SMILES string of the molecule is CCN(CC(=O)Nc1ccc(OC)cc1)CC(=O)N[C@H](C)c1ccc2c(c1)OCCO2. The standard InChI is InChI=1S/C23H29N3O5/c1-4-26(15-23(28)25-18-6-8-19(29-3)9-7-18)14-22(27)24-16(2)17-5-10-20-21(13-17)31-12-11-30-20/h5-10,13,16H,4,11-12,14-15H2,1-3H3,(H,24,27)(H,25,28)/t16-/m1/s1. The van der Waals surface area contributed by atoms with Gasteiger partial charge in [0.25, 0.3) is 0 Å². The maximum Gasteiger partial charge on any atom is 0.238 e. The lowest BCUT2D eigenvalue weighted by Crippen LogP contribution is -2.41. The number of carbonyl (C=O) groups is 2. The number of rotatable bonds is 9. The monoisotopic (exact) mass is 427 g/mol. The lowest BCUT2D eigenvalue weighted by molar-refractivity contribution is -0.123. The van der Waals surface area contributed by atoms with Crippen LogP contribution in [0.5, 0.6) is 17.2 Å². The van der Waals surface area contributed by atoms with E-state index in [-0.39, 0.29) is 30.9 Å². The van der Waals surface area contributed by atoms with Crippen molar-refractivity contribution in [2.24, 2.45) is 0 Å². The minimum Gasteiger partial charge on any atom is -0.497 e. The summed E-state index contributed by atoms with van der Waals surface area (Å²) < 4.78 is 16.3. The molecule has 0 saturated heterocycles. The van der Waals surface area contributed by atoms with Gasteiger partial charge in [0, 0.05) is 5.69 Å². The Hall–Kier alpha value is -3.26. The van der Waals surface area contributed by atoms with Crippen LogP contribution in [0.2, 0.25) is 0 Å². The Bertz CT molecular complexity index is 901. The second kappa shape index (κ2) is 10.7. The highest BCUT2D eigenvalue weighted by atomic mass is 16.6. The highest BCUT2D eigenvalue weighted by Gasteiger charge is 2.18. The molecule has 8 nitrogen and oxygen atoms in total. The number of nitrogens with one attached hydrogen (secondary N) is 2. The summed E-state index contributed by atoms with van der Waals surface area (Å²) in [7, 11) is 1.59. The van der Waals surface area contributed by atoms with Crippen molar-refractivity contribution in [2.75, 3.05) is 45.3 Å². The van der Waals surface area contributed by atoms with Gasteiger partial charge in [-0.25, -0.2) is 0 Å². The molecule has 0 bridgehead atoms. The first kappa shape index (κ1) is 22.4. The van der Waals surface area contributed by atoms with Gasteiger partial charge in [0.15, 0.2) is 11.5 Å². The average molecular weight is 428 g/mol. The molecule has 0 unspecified atom stereocenters. The van der Waals surface area contributed by atoms with Crippen LogP contribution < -0.4 is 24.8 Å². The van der Waals surface area contributed by atoms with Crippen molar-refractivity contribution < 1.29 is 23.8 Å². The van der Waals surface area contributed by atoms with Crippen LogP contribution in [0.15, 0.2) is 42.5 Å². The zero-order valence-electron chi connectivity index (χ0n) is 18.1. The molecule has 1 aliphatic rings. The quantitative estimate of drug-likeness (QED) is 0.640. The maximum absolute atomic E-state index is 12.5. The van der Waals surface area contributed by atoms with E-state index < -0.39 is 0 Å². The first-order chi connectivity index (χ1) is 15.0. The molecule has 2 amide bonds. The van der Waals surface area contributed by atoms with Crippen LogP contribution in [0.3, 0.4) is 0 Å². The summed E-state index contributed by atoms with van der Waals surface area (Å²) >= 11 is 0. The van der Waals surface area contributed by atoms with Crippen molar-refractivity contribution in [1.82, 2.24) is 10.2 Å². The van der Waals surface area contributed by atoms with Gasteiger partial charge in [-0.15, -0.1) is 0 Å². The predicted molar refractivity (Wildman–Crippen MR) is 118 cm³/mol. The fourth-order valence-corrected chi connectivity index (χ4v) is 3.26. The van der Waals surface area contributed by atoms with Crippen molar-refractivity contribution in [3.05, 3.63) is 48.0 Å². The lowest BCUT2D eigenvalue weighted by atomic mass is 10.1. The smallest absolute Gasteiger partial charge is 0.238 e. The largest absolute Gasteiger partial charge is 0.497 e. The van der Waals surface area contributed by atoms with Crippen LogP contribution in [-0.2, 0) is 9.59 Å². The predicted octanol–water partition coefficient (Wildman–Crippen LogP) is 2.60. The summed E-state index contributed by atoms with van der Waals surface area (Å²) in [4.78, 5) is 26.7. The molecule has 1 aliphatic heterocycles. The number of likely N-dealkylation sites (N-methyl/N-ethyl adjacent to an activating group) is 1. The number of benzene rings is 2. The Morgan fingerprint density at radius 1 is 1.03 bits per heavy atom. The topological polar surface area (TPSA) is 89.1 Å². The van der Waals surface area contributed by atoms with Crippen LogP contribution in [0.25, 0.3) is 0 Å². The normalized spacial score (nSPS) is 13.4. The number of fused-ring (bicyclic) bond motifs is 1. The second-order valence-electron chi connectivity index (χ2n) is 7.27. The number of nitrogens with zero attached hydrogens (tertiary/aromatic N) is 1. The van der Waals surface area contributed by atoms with Gasteiger partial charge in [0.2, 0.25) is 11.8 Å². The molecule has 8 heteroatoms. The maximum atomic E-state index is 12.5. The summed E-state index contributed by atoms with van der Waals surface area (Å²) in [6, 6.07) is 12.6. The van der Waals surface area contributed by atoms with Crippen molar-refractivity contribution in [3.63, 3.8) is 0 Å². The Kier molecular flexibility index (Phi) is 7.72. The molecule has 31 heavy (non-hydrogen) atoms. The Morgan fingerprint density at radius 2 is 1.71 bits per heavy atom. The molecule has 1 atom stereocenters. The molecule has 3 rings (SSSR count). The minimum atomic E-state index is -0.199. The first-order valence-corrected chi connectivity index (χ1v) is 10.3. The van der Waals surface area contributed by atoms with Crippen LogP contribution in [0.1, 0.15) is 25.5 Å². The molecule has 0 fully saturated rings. The van der Waals surface area contributed by atoms with E-state index in [1.807, 2.05) is 32.0 Å². The first-order valence-electron chi connectivity index (χ1n) is 10.3. The molecule has 0 saturated carbocycles. The fraction of sp³-hybridized carbons (Fsp3) is 0.391. The van der Waals surface area contributed by atoms with E-state index in [0.717, 1.165) is 11.3 Å². The molecule has 2 aromatic rings. The Balaban J connectivity index is 1.49. The number of hydrogen-bond acceptors (Lipinski definition) is 6. The molecule has 166 valence electrons. The van der Waals surface area contributed by atoms with E-state index >= 15 is 0 Å². The van der Waals surface area contributed by atoms with Crippen molar-refractivity contribution >= 4 is 17.5 Å². The van der Waals surface area contributed by atoms with Crippen LogP contribution in [0, 0.1) is 0 Å². The van der Waals surface area contributed by atoms with E-state index in [1.54, 1.807) is 36.3 Å². The zero-order chi connectivity index (χ0) is 22.2.